The maximum absolute atomic E-state index is 13.7. The van der Waals surface area contributed by atoms with Crippen molar-refractivity contribution in [3.05, 3.63) is 74.0 Å². The van der Waals surface area contributed by atoms with Gasteiger partial charge in [-0.3, -0.25) is 9.78 Å². The van der Waals surface area contributed by atoms with Crippen LogP contribution in [0.5, 0.6) is 0 Å². The third-order valence-corrected chi connectivity index (χ3v) is 5.18. The zero-order valence-corrected chi connectivity index (χ0v) is 16.5. The van der Waals surface area contributed by atoms with Crippen LogP contribution in [-0.4, -0.2) is 20.6 Å². The van der Waals surface area contributed by atoms with Gasteiger partial charge in [0.25, 0.3) is 0 Å². The predicted octanol–water partition coefficient (Wildman–Crippen LogP) is 5.05. The second kappa shape index (κ2) is 7.73. The molecular weight excluding hydrogens is 406 g/mol. The number of hydrogen-bond donors (Lipinski definition) is 1. The van der Waals surface area contributed by atoms with Crippen molar-refractivity contribution in [3.8, 4) is 22.4 Å². The Bertz CT molecular complexity index is 1160. The van der Waals surface area contributed by atoms with E-state index in [2.05, 4.69) is 4.98 Å². The number of carboxylic acid groups (broad SMARTS) is 1. The molecule has 144 valence electrons. The molecule has 2 heterocycles. The molecule has 1 aromatic carbocycles. The Labute approximate surface area is 170 Å². The first-order valence-electron chi connectivity index (χ1n) is 8.33. The first kappa shape index (κ1) is 20.0. The molecular formula is C20H15Cl2FN2O3. The van der Waals surface area contributed by atoms with E-state index in [9.17, 15) is 19.1 Å². The van der Waals surface area contributed by atoms with Crippen LogP contribution in [0, 0.1) is 12.7 Å². The minimum absolute atomic E-state index is 0.0926. The van der Waals surface area contributed by atoms with E-state index in [1.807, 2.05) is 6.92 Å². The van der Waals surface area contributed by atoms with Crippen LogP contribution >= 0.6 is 23.2 Å². The van der Waals surface area contributed by atoms with Gasteiger partial charge in [0.2, 0.25) is 5.43 Å². The van der Waals surface area contributed by atoms with Gasteiger partial charge < -0.3 is 9.67 Å². The van der Waals surface area contributed by atoms with Gasteiger partial charge in [-0.15, -0.1) is 0 Å². The van der Waals surface area contributed by atoms with Gasteiger partial charge in [0.15, 0.2) is 0 Å². The average Bonchev–Trinajstić information content (AvgIpc) is 2.63. The number of aromatic nitrogens is 2. The third kappa shape index (κ3) is 3.41. The van der Waals surface area contributed by atoms with Crippen LogP contribution in [-0.2, 0) is 6.54 Å². The Hall–Kier alpha value is -2.70. The maximum Gasteiger partial charge on any atom is 0.341 e. The van der Waals surface area contributed by atoms with Crippen molar-refractivity contribution in [3.63, 3.8) is 0 Å². The van der Waals surface area contributed by atoms with Crippen molar-refractivity contribution < 1.29 is 14.3 Å². The minimum atomic E-state index is -1.39. The summed E-state index contributed by atoms with van der Waals surface area (Å²) < 4.78 is 15.4. The quantitative estimate of drug-likeness (QED) is 0.640. The van der Waals surface area contributed by atoms with Crippen LogP contribution < -0.4 is 5.43 Å². The number of pyridine rings is 2. The lowest BCUT2D eigenvalue weighted by Crippen LogP contribution is -2.25. The molecule has 0 aliphatic carbocycles. The topological polar surface area (TPSA) is 72.2 Å². The van der Waals surface area contributed by atoms with E-state index in [0.29, 0.717) is 22.8 Å². The largest absolute Gasteiger partial charge is 0.477 e. The Morgan fingerprint density at radius 3 is 2.46 bits per heavy atom. The molecule has 0 spiro atoms. The van der Waals surface area contributed by atoms with Gasteiger partial charge in [-0.1, -0.05) is 29.3 Å². The zero-order valence-electron chi connectivity index (χ0n) is 15.0. The van der Waals surface area contributed by atoms with Crippen LogP contribution in [0.4, 0.5) is 4.39 Å². The highest BCUT2D eigenvalue weighted by Gasteiger charge is 2.26. The Morgan fingerprint density at radius 2 is 1.89 bits per heavy atom. The van der Waals surface area contributed by atoms with Gasteiger partial charge in [0, 0.05) is 29.6 Å². The molecule has 5 nitrogen and oxygen atoms in total. The van der Waals surface area contributed by atoms with Crippen molar-refractivity contribution >= 4 is 29.2 Å². The second-order valence-corrected chi connectivity index (χ2v) is 6.90. The fraction of sp³-hybridized carbons (Fsp3) is 0.150. The summed E-state index contributed by atoms with van der Waals surface area (Å²) in [5.74, 6) is -2.01. The molecule has 28 heavy (non-hydrogen) atoms. The molecule has 0 radical (unpaired) electrons. The average molecular weight is 421 g/mol. The number of rotatable bonds is 4. The smallest absolute Gasteiger partial charge is 0.341 e. The molecule has 3 aromatic rings. The molecule has 0 aliphatic heterocycles. The number of hydrogen-bond acceptors (Lipinski definition) is 3. The SMILES string of the molecule is CCn1c(C)c(-c2cncc(F)c2)c(=O)c(C(=O)O)c1-c1ccc(Cl)c(Cl)c1. The Kier molecular flexibility index (Phi) is 5.54. The molecule has 0 amide bonds. The fourth-order valence-corrected chi connectivity index (χ4v) is 3.56. The van der Waals surface area contributed by atoms with E-state index < -0.39 is 22.8 Å². The van der Waals surface area contributed by atoms with Gasteiger partial charge in [-0.25, -0.2) is 9.18 Å². The first-order chi connectivity index (χ1) is 13.3. The van der Waals surface area contributed by atoms with Gasteiger partial charge in [0.05, 0.1) is 27.5 Å². The molecule has 0 unspecified atom stereocenters. The highest BCUT2D eigenvalue weighted by Crippen LogP contribution is 2.32. The normalized spacial score (nSPS) is 10.9. The summed E-state index contributed by atoms with van der Waals surface area (Å²) in [5, 5.41) is 10.4. The van der Waals surface area contributed by atoms with Crippen LogP contribution in [0.25, 0.3) is 22.4 Å². The van der Waals surface area contributed by atoms with E-state index >= 15 is 0 Å². The lowest BCUT2D eigenvalue weighted by molar-refractivity contribution is 0.0695. The molecule has 0 saturated heterocycles. The molecule has 0 saturated carbocycles. The van der Waals surface area contributed by atoms with Gasteiger partial charge in [-0.05, 0) is 32.0 Å². The van der Waals surface area contributed by atoms with E-state index in [-0.39, 0.29) is 21.8 Å². The van der Waals surface area contributed by atoms with Crippen molar-refractivity contribution in [1.82, 2.24) is 9.55 Å². The number of carboxylic acids is 1. The molecule has 0 atom stereocenters. The van der Waals surface area contributed by atoms with E-state index in [1.165, 1.54) is 18.3 Å². The van der Waals surface area contributed by atoms with E-state index in [4.69, 9.17) is 23.2 Å². The summed E-state index contributed by atoms with van der Waals surface area (Å²) in [7, 11) is 0. The summed E-state index contributed by atoms with van der Waals surface area (Å²) in [4.78, 5) is 29.0. The van der Waals surface area contributed by atoms with E-state index in [0.717, 1.165) is 12.3 Å². The van der Waals surface area contributed by atoms with Crippen molar-refractivity contribution in [2.75, 3.05) is 0 Å². The number of nitrogens with zero attached hydrogens (tertiary/aromatic N) is 2. The van der Waals surface area contributed by atoms with Gasteiger partial charge in [-0.2, -0.15) is 0 Å². The minimum Gasteiger partial charge on any atom is -0.477 e. The number of carbonyl (C=O) groups is 1. The van der Waals surface area contributed by atoms with E-state index in [1.54, 1.807) is 17.6 Å². The summed E-state index contributed by atoms with van der Waals surface area (Å²) >= 11 is 12.1. The molecule has 1 N–H and O–H groups in total. The Balaban J connectivity index is 2.46. The highest BCUT2D eigenvalue weighted by molar-refractivity contribution is 6.42. The van der Waals surface area contributed by atoms with Gasteiger partial charge >= 0.3 is 5.97 Å². The molecule has 8 heteroatoms. The molecule has 0 fully saturated rings. The van der Waals surface area contributed by atoms with Gasteiger partial charge in [0.1, 0.15) is 11.4 Å². The van der Waals surface area contributed by atoms with Crippen molar-refractivity contribution in [2.45, 2.75) is 20.4 Å². The second-order valence-electron chi connectivity index (χ2n) is 6.08. The summed E-state index contributed by atoms with van der Waals surface area (Å²) in [5.41, 5.74) is 0.309. The van der Waals surface area contributed by atoms with Crippen LogP contribution in [0.1, 0.15) is 23.0 Å². The van der Waals surface area contributed by atoms with Crippen LogP contribution in [0.15, 0.2) is 41.5 Å². The molecule has 0 bridgehead atoms. The van der Waals surface area contributed by atoms with Crippen LogP contribution in [0.2, 0.25) is 10.0 Å². The fourth-order valence-electron chi connectivity index (χ4n) is 3.26. The van der Waals surface area contributed by atoms with Crippen LogP contribution in [0.3, 0.4) is 0 Å². The highest BCUT2D eigenvalue weighted by atomic mass is 35.5. The molecule has 3 rings (SSSR count). The lowest BCUT2D eigenvalue weighted by atomic mass is 9.97. The third-order valence-electron chi connectivity index (χ3n) is 4.44. The number of benzene rings is 1. The monoisotopic (exact) mass is 420 g/mol. The summed E-state index contributed by atoms with van der Waals surface area (Å²) in [6.45, 7) is 3.87. The van der Waals surface area contributed by atoms with Crippen molar-refractivity contribution in [1.29, 1.82) is 0 Å². The molecule has 2 aromatic heterocycles. The summed E-state index contributed by atoms with van der Waals surface area (Å²) in [6.07, 6.45) is 2.34. The Morgan fingerprint density at radius 1 is 1.18 bits per heavy atom. The van der Waals surface area contributed by atoms with Crippen molar-refractivity contribution in [2.24, 2.45) is 0 Å². The molecule has 0 aliphatic rings. The lowest BCUT2D eigenvalue weighted by Gasteiger charge is -2.21. The summed E-state index contributed by atoms with van der Waals surface area (Å²) in [6, 6.07) is 5.81. The predicted molar refractivity (Wildman–Crippen MR) is 107 cm³/mol. The number of aromatic carboxylic acids is 1. The zero-order chi connectivity index (χ0) is 20.6. The number of halogens is 3. The standard InChI is InChI=1S/C20H15Cl2FN2O3/c1-3-25-10(2)16(12-6-13(23)9-24-8-12)19(26)17(20(27)28)18(25)11-4-5-14(21)15(22)7-11/h4-9H,3H2,1-2H3,(H,27,28). The maximum atomic E-state index is 13.7. The first-order valence-corrected chi connectivity index (χ1v) is 9.08.